The number of benzene rings is 1. The lowest BCUT2D eigenvalue weighted by Crippen LogP contribution is -2.39. The molecule has 0 N–H and O–H groups in total. The summed E-state index contributed by atoms with van der Waals surface area (Å²) in [5.74, 6) is 0. The first-order valence-corrected chi connectivity index (χ1v) is 13.2. The number of rotatable bonds is 5. The third-order valence-corrected chi connectivity index (χ3v) is 7.87. The molecule has 2 aromatic heterocycles. The van der Waals surface area contributed by atoms with Gasteiger partial charge in [0.25, 0.3) is 0 Å². The number of nitrogens with zero attached hydrogens (tertiary/aromatic N) is 3. The molecule has 0 spiro atoms. The lowest BCUT2D eigenvalue weighted by atomic mass is 9.97. The number of aryl methyl sites for hydroxylation is 2. The van der Waals surface area contributed by atoms with E-state index in [9.17, 15) is 4.79 Å². The quantitative estimate of drug-likeness (QED) is 0.372. The molecule has 182 valence electrons. The molecule has 4 rings (SSSR count). The van der Waals surface area contributed by atoms with Crippen LogP contribution in [-0.2, 0) is 17.6 Å². The van der Waals surface area contributed by atoms with Gasteiger partial charge in [-0.2, -0.15) is 0 Å². The van der Waals surface area contributed by atoms with E-state index in [0.29, 0.717) is 13.1 Å². The Morgan fingerprint density at radius 2 is 2.00 bits per heavy atom. The van der Waals surface area contributed by atoms with Crippen LogP contribution >= 0.6 is 22.9 Å². The minimum atomic E-state index is -0.495. The Morgan fingerprint density at radius 1 is 1.24 bits per heavy atom. The van der Waals surface area contributed by atoms with Crippen molar-refractivity contribution in [3.05, 3.63) is 45.9 Å². The number of amides is 1. The number of hydrogen-bond acceptors (Lipinski definition) is 5. The predicted octanol–water partition coefficient (Wildman–Crippen LogP) is 7.19. The molecule has 0 aliphatic carbocycles. The number of aromatic nitrogens is 1. The van der Waals surface area contributed by atoms with Crippen molar-refractivity contribution in [1.82, 2.24) is 9.88 Å². The molecule has 1 aliphatic heterocycles. The maximum absolute atomic E-state index is 12.7. The van der Waals surface area contributed by atoms with Crippen LogP contribution in [0.5, 0.6) is 0 Å². The Kier molecular flexibility index (Phi) is 7.11. The van der Waals surface area contributed by atoms with Crippen LogP contribution in [0.1, 0.15) is 51.5 Å². The van der Waals surface area contributed by atoms with E-state index < -0.39 is 5.60 Å². The molecule has 7 heteroatoms. The number of fused-ring (bicyclic) bond motifs is 1. The average Bonchev–Trinajstić information content (AvgIpc) is 3.44. The SMILES string of the molecule is CCc1cc2nccc(-c3cc(Cl)cc(CC)c3N(C)C3CCN(C(=O)OC(C)(C)C)C3)c2s1. The van der Waals surface area contributed by atoms with Gasteiger partial charge in [0.1, 0.15) is 5.60 Å². The monoisotopic (exact) mass is 499 g/mol. The Bertz CT molecular complexity index is 1200. The first-order chi connectivity index (χ1) is 16.1. The molecule has 1 unspecified atom stereocenters. The number of anilines is 1. The number of likely N-dealkylation sites (N-methyl/N-ethyl adjacent to an activating group) is 1. The van der Waals surface area contributed by atoms with Crippen LogP contribution in [0.15, 0.2) is 30.5 Å². The van der Waals surface area contributed by atoms with Crippen LogP contribution in [0.4, 0.5) is 10.5 Å². The molecular weight excluding hydrogens is 466 g/mol. The fourth-order valence-corrected chi connectivity index (χ4v) is 5.98. The van der Waals surface area contributed by atoms with Crippen LogP contribution in [0.25, 0.3) is 21.3 Å². The number of thiophene rings is 1. The summed E-state index contributed by atoms with van der Waals surface area (Å²) in [7, 11) is 2.14. The molecule has 1 saturated heterocycles. The summed E-state index contributed by atoms with van der Waals surface area (Å²) < 4.78 is 6.81. The highest BCUT2D eigenvalue weighted by molar-refractivity contribution is 7.19. The van der Waals surface area contributed by atoms with Gasteiger partial charge >= 0.3 is 6.09 Å². The van der Waals surface area contributed by atoms with E-state index in [0.717, 1.165) is 40.9 Å². The average molecular weight is 500 g/mol. The highest BCUT2D eigenvalue weighted by Crippen LogP contribution is 2.43. The van der Waals surface area contributed by atoms with Gasteiger partial charge in [-0.05, 0) is 69.9 Å². The summed E-state index contributed by atoms with van der Waals surface area (Å²) in [6, 6.07) is 8.63. The van der Waals surface area contributed by atoms with Crippen molar-refractivity contribution in [2.75, 3.05) is 25.0 Å². The Hall–Kier alpha value is -2.31. The molecule has 1 atom stereocenters. The van der Waals surface area contributed by atoms with Crippen molar-refractivity contribution in [2.45, 2.75) is 65.5 Å². The predicted molar refractivity (Wildman–Crippen MR) is 143 cm³/mol. The van der Waals surface area contributed by atoms with Crippen LogP contribution < -0.4 is 4.90 Å². The smallest absolute Gasteiger partial charge is 0.410 e. The largest absolute Gasteiger partial charge is 0.444 e. The highest BCUT2D eigenvalue weighted by Gasteiger charge is 2.33. The molecule has 34 heavy (non-hydrogen) atoms. The maximum Gasteiger partial charge on any atom is 0.410 e. The summed E-state index contributed by atoms with van der Waals surface area (Å²) in [6.07, 6.45) is 4.41. The molecule has 1 fully saturated rings. The van der Waals surface area contributed by atoms with Crippen LogP contribution in [0, 0.1) is 0 Å². The Labute approximate surface area is 211 Å². The molecule has 0 radical (unpaired) electrons. The van der Waals surface area contributed by atoms with E-state index in [4.69, 9.17) is 16.3 Å². The van der Waals surface area contributed by atoms with Crippen molar-refractivity contribution in [3.8, 4) is 11.1 Å². The Balaban J connectivity index is 1.73. The van der Waals surface area contributed by atoms with Crippen molar-refractivity contribution < 1.29 is 9.53 Å². The lowest BCUT2D eigenvalue weighted by molar-refractivity contribution is 0.0292. The maximum atomic E-state index is 12.7. The fourth-order valence-electron chi connectivity index (χ4n) is 4.65. The van der Waals surface area contributed by atoms with E-state index in [2.05, 4.69) is 55.0 Å². The fraction of sp³-hybridized carbons (Fsp3) is 0.481. The molecule has 1 aromatic carbocycles. The molecule has 0 bridgehead atoms. The summed E-state index contributed by atoms with van der Waals surface area (Å²) in [4.78, 5) is 22.8. The van der Waals surface area contributed by atoms with Crippen LogP contribution in [0.2, 0.25) is 5.02 Å². The zero-order chi connectivity index (χ0) is 24.6. The second-order valence-electron chi connectivity index (χ2n) is 9.93. The number of likely N-dealkylation sites (tertiary alicyclic amines) is 1. The zero-order valence-electron chi connectivity index (χ0n) is 20.9. The summed E-state index contributed by atoms with van der Waals surface area (Å²) in [5, 5.41) is 0.739. The van der Waals surface area contributed by atoms with Gasteiger partial charge in [0, 0.05) is 59.1 Å². The van der Waals surface area contributed by atoms with Crippen LogP contribution in [-0.4, -0.2) is 47.8 Å². The van der Waals surface area contributed by atoms with Gasteiger partial charge in [0.05, 0.1) is 10.2 Å². The second kappa shape index (κ2) is 9.74. The molecule has 0 saturated carbocycles. The summed E-state index contributed by atoms with van der Waals surface area (Å²) in [5.41, 5.74) is 5.21. The summed E-state index contributed by atoms with van der Waals surface area (Å²) >= 11 is 8.43. The number of carbonyl (C=O) groups excluding carboxylic acids is 1. The van der Waals surface area contributed by atoms with E-state index in [-0.39, 0.29) is 12.1 Å². The number of halogens is 1. The third kappa shape index (κ3) is 5.03. The number of ether oxygens (including phenoxy) is 1. The van der Waals surface area contributed by atoms with E-state index in [1.165, 1.54) is 20.8 Å². The molecule has 5 nitrogen and oxygen atoms in total. The lowest BCUT2D eigenvalue weighted by Gasteiger charge is -2.31. The number of pyridine rings is 1. The van der Waals surface area contributed by atoms with Crippen molar-refractivity contribution in [3.63, 3.8) is 0 Å². The molecule has 3 heterocycles. The highest BCUT2D eigenvalue weighted by atomic mass is 35.5. The van der Waals surface area contributed by atoms with Gasteiger partial charge in [0.2, 0.25) is 0 Å². The molecular formula is C27H34ClN3O2S. The van der Waals surface area contributed by atoms with Gasteiger partial charge in [-0.3, -0.25) is 4.98 Å². The van der Waals surface area contributed by atoms with Gasteiger partial charge in [0.15, 0.2) is 0 Å². The minimum Gasteiger partial charge on any atom is -0.444 e. The van der Waals surface area contributed by atoms with Gasteiger partial charge in [-0.25, -0.2) is 4.79 Å². The van der Waals surface area contributed by atoms with Gasteiger partial charge in [-0.1, -0.05) is 25.4 Å². The molecule has 1 aliphatic rings. The second-order valence-corrected chi connectivity index (χ2v) is 11.5. The third-order valence-electron chi connectivity index (χ3n) is 6.35. The van der Waals surface area contributed by atoms with Crippen LogP contribution in [0.3, 0.4) is 0 Å². The standard InChI is InChI=1S/C27H34ClN3O2S/c1-7-17-13-18(28)14-22(21-9-11-29-23-15-20(8-2)34-25(21)23)24(17)30(6)19-10-12-31(16-19)26(32)33-27(3,4)5/h9,11,13-15,19H,7-8,10,12,16H2,1-6H3. The van der Waals surface area contributed by atoms with Gasteiger partial charge in [-0.15, -0.1) is 11.3 Å². The zero-order valence-corrected chi connectivity index (χ0v) is 22.5. The topological polar surface area (TPSA) is 45.7 Å². The van der Waals surface area contributed by atoms with Gasteiger partial charge < -0.3 is 14.5 Å². The molecule has 3 aromatic rings. The molecule has 1 amide bonds. The van der Waals surface area contributed by atoms with Crippen molar-refractivity contribution in [1.29, 1.82) is 0 Å². The van der Waals surface area contributed by atoms with E-state index >= 15 is 0 Å². The number of hydrogen-bond donors (Lipinski definition) is 0. The van der Waals surface area contributed by atoms with Crippen molar-refractivity contribution in [2.24, 2.45) is 0 Å². The normalized spacial score (nSPS) is 16.3. The van der Waals surface area contributed by atoms with E-state index in [1.54, 1.807) is 11.3 Å². The Morgan fingerprint density at radius 3 is 2.68 bits per heavy atom. The number of carbonyl (C=O) groups is 1. The van der Waals surface area contributed by atoms with E-state index in [1.807, 2.05) is 31.9 Å². The first kappa shape index (κ1) is 24.8. The minimum absolute atomic E-state index is 0.199. The van der Waals surface area contributed by atoms with Crippen molar-refractivity contribution >= 4 is 44.9 Å². The summed E-state index contributed by atoms with van der Waals surface area (Å²) in [6.45, 7) is 11.4. The first-order valence-electron chi connectivity index (χ1n) is 12.0.